The van der Waals surface area contributed by atoms with Crippen molar-refractivity contribution in [3.8, 4) is 11.5 Å². The maximum atomic E-state index is 12.3. The summed E-state index contributed by atoms with van der Waals surface area (Å²) < 4.78 is 10.5. The van der Waals surface area contributed by atoms with Gasteiger partial charge in [0.25, 0.3) is 0 Å². The zero-order valence-corrected chi connectivity index (χ0v) is 16.4. The minimum atomic E-state index is -0.0787. The van der Waals surface area contributed by atoms with Crippen LogP contribution in [0.3, 0.4) is 0 Å². The third-order valence-corrected chi connectivity index (χ3v) is 4.85. The zero-order chi connectivity index (χ0) is 19.8. The van der Waals surface area contributed by atoms with E-state index in [0.29, 0.717) is 11.5 Å². The lowest BCUT2D eigenvalue weighted by Crippen LogP contribution is -2.43. The number of amides is 1. The molecule has 2 heterocycles. The average Bonchev–Trinajstić information content (AvgIpc) is 2.74. The van der Waals surface area contributed by atoms with Crippen molar-refractivity contribution in [2.75, 3.05) is 27.3 Å². The molecule has 1 aromatic heterocycles. The van der Waals surface area contributed by atoms with Crippen molar-refractivity contribution in [3.63, 3.8) is 0 Å². The molecule has 0 saturated carbocycles. The lowest BCUT2D eigenvalue weighted by atomic mass is 10.0. The van der Waals surface area contributed by atoms with Crippen LogP contribution in [0.1, 0.15) is 24.1 Å². The van der Waals surface area contributed by atoms with Gasteiger partial charge in [-0.2, -0.15) is 0 Å². The zero-order valence-electron chi connectivity index (χ0n) is 16.4. The smallest absolute Gasteiger partial charge is 0.244 e. The van der Waals surface area contributed by atoms with Crippen LogP contribution in [0, 0.1) is 0 Å². The van der Waals surface area contributed by atoms with E-state index in [1.807, 2.05) is 36.5 Å². The van der Waals surface area contributed by atoms with Gasteiger partial charge in [-0.3, -0.25) is 14.7 Å². The Labute approximate surface area is 166 Å². The molecule has 28 heavy (non-hydrogen) atoms. The standard InChI is InChI=1S/C22H27N3O3/c1-27-20-13-17(14-21(15-20)28-2)6-7-22(26)24-18-8-11-25(12-9-18)16-19-5-3-4-10-23-19/h3-7,10,13-15,18H,8-9,11-12,16H2,1-2H3,(H,24,26). The van der Waals surface area contributed by atoms with Crippen LogP contribution in [0.5, 0.6) is 11.5 Å². The molecule has 1 aliphatic heterocycles. The van der Waals surface area contributed by atoms with Gasteiger partial charge in [-0.05, 0) is 48.7 Å². The van der Waals surface area contributed by atoms with Gasteiger partial charge in [-0.1, -0.05) is 6.07 Å². The molecule has 3 rings (SSSR count). The molecule has 1 aromatic carbocycles. The van der Waals surface area contributed by atoms with Crippen LogP contribution in [0.2, 0.25) is 0 Å². The maximum Gasteiger partial charge on any atom is 0.244 e. The Morgan fingerprint density at radius 2 is 1.89 bits per heavy atom. The highest BCUT2D eigenvalue weighted by molar-refractivity contribution is 5.92. The normalized spacial score (nSPS) is 15.5. The van der Waals surface area contributed by atoms with Crippen LogP contribution in [0.25, 0.3) is 6.08 Å². The summed E-state index contributed by atoms with van der Waals surface area (Å²) in [5.41, 5.74) is 1.94. The Balaban J connectivity index is 1.47. The van der Waals surface area contributed by atoms with Gasteiger partial charge >= 0.3 is 0 Å². The summed E-state index contributed by atoms with van der Waals surface area (Å²) in [6.45, 7) is 2.77. The number of aromatic nitrogens is 1. The van der Waals surface area contributed by atoms with Gasteiger partial charge in [-0.15, -0.1) is 0 Å². The van der Waals surface area contributed by atoms with Gasteiger partial charge < -0.3 is 14.8 Å². The lowest BCUT2D eigenvalue weighted by Gasteiger charge is -2.31. The largest absolute Gasteiger partial charge is 0.497 e. The molecule has 148 valence electrons. The van der Waals surface area contributed by atoms with E-state index in [2.05, 4.69) is 15.2 Å². The Morgan fingerprint density at radius 3 is 2.50 bits per heavy atom. The summed E-state index contributed by atoms with van der Waals surface area (Å²) in [5, 5.41) is 3.10. The number of hydrogen-bond donors (Lipinski definition) is 1. The van der Waals surface area contributed by atoms with Gasteiger partial charge in [0.1, 0.15) is 11.5 Å². The van der Waals surface area contributed by atoms with Crippen molar-refractivity contribution in [1.82, 2.24) is 15.2 Å². The minimum absolute atomic E-state index is 0.0787. The first-order valence-corrected chi connectivity index (χ1v) is 9.50. The quantitative estimate of drug-likeness (QED) is 0.747. The van der Waals surface area contributed by atoms with E-state index in [0.717, 1.165) is 43.7 Å². The highest BCUT2D eigenvalue weighted by Crippen LogP contribution is 2.23. The number of likely N-dealkylation sites (tertiary alicyclic amines) is 1. The van der Waals surface area contributed by atoms with Crippen molar-refractivity contribution in [2.24, 2.45) is 0 Å². The molecule has 0 aliphatic carbocycles. The van der Waals surface area contributed by atoms with Crippen LogP contribution in [-0.2, 0) is 11.3 Å². The van der Waals surface area contributed by atoms with Crippen molar-refractivity contribution in [2.45, 2.75) is 25.4 Å². The van der Waals surface area contributed by atoms with Gasteiger partial charge in [0, 0.05) is 44.0 Å². The first kappa shape index (κ1) is 19.9. The fraction of sp³-hybridized carbons (Fsp3) is 0.364. The molecule has 1 fully saturated rings. The Kier molecular flexibility index (Phi) is 7.03. The average molecular weight is 381 g/mol. The van der Waals surface area contributed by atoms with Gasteiger partial charge in [-0.25, -0.2) is 0 Å². The molecule has 0 radical (unpaired) electrons. The molecule has 6 heteroatoms. The van der Waals surface area contributed by atoms with E-state index in [1.165, 1.54) is 0 Å². The van der Waals surface area contributed by atoms with Crippen molar-refractivity contribution in [3.05, 3.63) is 59.9 Å². The molecule has 0 unspecified atom stereocenters. The molecular formula is C22H27N3O3. The number of piperidine rings is 1. The number of ether oxygens (including phenoxy) is 2. The molecule has 1 amide bonds. The molecule has 1 aliphatic rings. The molecule has 0 spiro atoms. The highest BCUT2D eigenvalue weighted by atomic mass is 16.5. The number of nitrogens with zero attached hydrogens (tertiary/aromatic N) is 2. The summed E-state index contributed by atoms with van der Waals surface area (Å²) in [6.07, 6.45) is 7.05. The van der Waals surface area contributed by atoms with E-state index in [4.69, 9.17) is 9.47 Å². The number of pyridine rings is 1. The molecular weight excluding hydrogens is 354 g/mol. The second-order valence-electron chi connectivity index (χ2n) is 6.86. The topological polar surface area (TPSA) is 63.7 Å². The minimum Gasteiger partial charge on any atom is -0.497 e. The van der Waals surface area contributed by atoms with Crippen LogP contribution >= 0.6 is 0 Å². The van der Waals surface area contributed by atoms with Gasteiger partial charge in [0.2, 0.25) is 5.91 Å². The second-order valence-corrected chi connectivity index (χ2v) is 6.86. The third kappa shape index (κ3) is 5.82. The molecule has 2 aromatic rings. The molecule has 6 nitrogen and oxygen atoms in total. The van der Waals surface area contributed by atoms with Crippen LogP contribution in [0.15, 0.2) is 48.7 Å². The van der Waals surface area contributed by atoms with Gasteiger partial charge in [0.05, 0.1) is 19.9 Å². The fourth-order valence-electron chi connectivity index (χ4n) is 3.30. The summed E-state index contributed by atoms with van der Waals surface area (Å²) >= 11 is 0. The fourth-order valence-corrected chi connectivity index (χ4v) is 3.30. The predicted octanol–water partition coefficient (Wildman–Crippen LogP) is 2.89. The summed E-state index contributed by atoms with van der Waals surface area (Å²) in [5.74, 6) is 1.31. The SMILES string of the molecule is COc1cc(C=CC(=O)NC2CCN(Cc3ccccn3)CC2)cc(OC)c1. The van der Waals surface area contributed by atoms with Crippen molar-refractivity contribution >= 4 is 12.0 Å². The third-order valence-electron chi connectivity index (χ3n) is 4.85. The Morgan fingerprint density at radius 1 is 1.18 bits per heavy atom. The number of hydrogen-bond acceptors (Lipinski definition) is 5. The van der Waals surface area contributed by atoms with E-state index < -0.39 is 0 Å². The number of nitrogens with one attached hydrogen (secondary N) is 1. The van der Waals surface area contributed by atoms with Crippen LogP contribution < -0.4 is 14.8 Å². The maximum absolute atomic E-state index is 12.3. The van der Waals surface area contributed by atoms with E-state index in [-0.39, 0.29) is 11.9 Å². The number of carbonyl (C=O) groups excluding carboxylic acids is 1. The molecule has 1 N–H and O–H groups in total. The Bertz CT molecular complexity index is 778. The van der Waals surface area contributed by atoms with E-state index in [9.17, 15) is 4.79 Å². The number of methoxy groups -OCH3 is 2. The summed E-state index contributed by atoms with van der Waals surface area (Å²) in [6, 6.07) is 11.7. The highest BCUT2D eigenvalue weighted by Gasteiger charge is 2.20. The van der Waals surface area contributed by atoms with Crippen LogP contribution in [0.4, 0.5) is 0 Å². The van der Waals surface area contributed by atoms with Crippen molar-refractivity contribution < 1.29 is 14.3 Å². The van der Waals surface area contributed by atoms with Crippen molar-refractivity contribution in [1.29, 1.82) is 0 Å². The molecule has 1 saturated heterocycles. The summed E-state index contributed by atoms with van der Waals surface area (Å²) in [4.78, 5) is 19.0. The summed E-state index contributed by atoms with van der Waals surface area (Å²) in [7, 11) is 3.21. The second kappa shape index (κ2) is 9.90. The Hall–Kier alpha value is -2.86. The van der Waals surface area contributed by atoms with E-state index in [1.54, 1.807) is 32.4 Å². The molecule has 0 bridgehead atoms. The van der Waals surface area contributed by atoms with Crippen LogP contribution in [-0.4, -0.2) is 49.1 Å². The lowest BCUT2D eigenvalue weighted by molar-refractivity contribution is -0.117. The number of benzene rings is 1. The predicted molar refractivity (Wildman–Crippen MR) is 109 cm³/mol. The first-order chi connectivity index (χ1) is 13.7. The van der Waals surface area contributed by atoms with Gasteiger partial charge in [0.15, 0.2) is 0 Å². The first-order valence-electron chi connectivity index (χ1n) is 9.50. The van der Waals surface area contributed by atoms with E-state index >= 15 is 0 Å². The molecule has 0 atom stereocenters. The number of carbonyl (C=O) groups is 1. The monoisotopic (exact) mass is 381 g/mol. The number of rotatable bonds is 7.